The lowest BCUT2D eigenvalue weighted by Crippen LogP contribution is -2.27. The van der Waals surface area contributed by atoms with Crippen molar-refractivity contribution in [1.82, 2.24) is 9.29 Å². The Kier molecular flexibility index (Phi) is 7.18. The van der Waals surface area contributed by atoms with E-state index in [2.05, 4.69) is 22.1 Å². The number of nitrogens with zero attached hydrogens (tertiary/aromatic N) is 2. The molecule has 1 N–H and O–H groups in total. The number of hydrogen-bond donors (Lipinski definition) is 1. The third-order valence-corrected chi connectivity index (χ3v) is 7.33. The van der Waals surface area contributed by atoms with Gasteiger partial charge in [0.25, 0.3) is 0 Å². The molecule has 1 aliphatic heterocycles. The fourth-order valence-corrected chi connectivity index (χ4v) is 5.15. The van der Waals surface area contributed by atoms with Crippen molar-refractivity contribution in [2.75, 3.05) is 18.4 Å². The second-order valence-corrected chi connectivity index (χ2v) is 9.79. The maximum absolute atomic E-state index is 12.6. The highest BCUT2D eigenvalue weighted by Gasteiger charge is 2.26. The largest absolute Gasteiger partial charge is 0.326 e. The number of carbonyl (C=O) groups excluding carboxylic acids is 1. The van der Waals surface area contributed by atoms with Crippen molar-refractivity contribution < 1.29 is 13.2 Å². The fraction of sp³-hybridized carbons (Fsp3) is 0.231. The minimum absolute atomic E-state index is 0.112. The Hall–Kier alpha value is -3.47. The van der Waals surface area contributed by atoms with Crippen LogP contribution in [-0.2, 0) is 21.2 Å². The predicted molar refractivity (Wildman–Crippen MR) is 128 cm³/mol. The minimum atomic E-state index is -3.42. The number of sulfonamides is 1. The van der Waals surface area contributed by atoms with E-state index in [1.54, 1.807) is 30.5 Å². The molecule has 2 heterocycles. The molecule has 3 aromatic rings. The van der Waals surface area contributed by atoms with Crippen LogP contribution in [0.25, 0.3) is 0 Å². The Morgan fingerprint density at radius 2 is 1.76 bits per heavy atom. The summed E-state index contributed by atoms with van der Waals surface area (Å²) in [5, 5.41) is 2.90. The van der Waals surface area contributed by atoms with Crippen molar-refractivity contribution in [3.8, 4) is 11.8 Å². The number of nitrogens with one attached hydrogen (secondary N) is 1. The van der Waals surface area contributed by atoms with E-state index in [0.717, 1.165) is 24.0 Å². The van der Waals surface area contributed by atoms with Crippen molar-refractivity contribution in [2.45, 2.75) is 30.6 Å². The van der Waals surface area contributed by atoms with E-state index in [9.17, 15) is 13.2 Å². The summed E-state index contributed by atoms with van der Waals surface area (Å²) in [6.07, 6.45) is 4.33. The summed E-state index contributed by atoms with van der Waals surface area (Å²) in [6, 6.07) is 19.8. The molecule has 0 radical (unpaired) electrons. The van der Waals surface area contributed by atoms with Gasteiger partial charge in [0.05, 0.1) is 4.90 Å². The number of aromatic nitrogens is 1. The van der Waals surface area contributed by atoms with Crippen LogP contribution in [0.5, 0.6) is 0 Å². The van der Waals surface area contributed by atoms with Gasteiger partial charge in [-0.25, -0.2) is 13.4 Å². The molecule has 0 atom stereocenters. The van der Waals surface area contributed by atoms with Gasteiger partial charge in [-0.1, -0.05) is 30.2 Å². The molecule has 168 valence electrons. The monoisotopic (exact) mass is 459 g/mol. The summed E-state index contributed by atoms with van der Waals surface area (Å²) in [5.41, 5.74) is 3.07. The van der Waals surface area contributed by atoms with Crippen LogP contribution in [0.1, 0.15) is 36.1 Å². The average Bonchev–Trinajstić information content (AvgIpc) is 3.39. The van der Waals surface area contributed by atoms with Crippen molar-refractivity contribution in [1.29, 1.82) is 0 Å². The zero-order valence-electron chi connectivity index (χ0n) is 18.2. The Morgan fingerprint density at radius 3 is 2.48 bits per heavy atom. The predicted octanol–water partition coefficient (Wildman–Crippen LogP) is 3.84. The zero-order valence-corrected chi connectivity index (χ0v) is 19.0. The van der Waals surface area contributed by atoms with Gasteiger partial charge in [0.1, 0.15) is 5.69 Å². The molecule has 1 aliphatic rings. The van der Waals surface area contributed by atoms with Gasteiger partial charge >= 0.3 is 0 Å². The van der Waals surface area contributed by atoms with Crippen LogP contribution >= 0.6 is 0 Å². The van der Waals surface area contributed by atoms with E-state index in [1.807, 2.05) is 42.5 Å². The van der Waals surface area contributed by atoms with Gasteiger partial charge in [-0.15, -0.1) is 0 Å². The summed E-state index contributed by atoms with van der Waals surface area (Å²) >= 11 is 0. The van der Waals surface area contributed by atoms with Gasteiger partial charge < -0.3 is 5.32 Å². The van der Waals surface area contributed by atoms with Gasteiger partial charge in [-0.05, 0) is 73.2 Å². The molecule has 4 rings (SSSR count). The maximum Gasteiger partial charge on any atom is 0.243 e. The second-order valence-electron chi connectivity index (χ2n) is 7.85. The molecule has 0 aliphatic carbocycles. The quantitative estimate of drug-likeness (QED) is 0.568. The fourth-order valence-electron chi connectivity index (χ4n) is 3.63. The first-order chi connectivity index (χ1) is 16.0. The molecule has 7 heteroatoms. The molecule has 6 nitrogen and oxygen atoms in total. The summed E-state index contributed by atoms with van der Waals surface area (Å²) in [4.78, 5) is 16.9. The summed E-state index contributed by atoms with van der Waals surface area (Å²) in [6.45, 7) is 1.17. The molecular formula is C26H25N3O3S. The molecule has 0 bridgehead atoms. The SMILES string of the molecule is O=C(CCc1ccc(S(=O)(=O)N2CCCC2)cc1)Nc1cccc(C#Cc2ccccn2)c1. The van der Waals surface area contributed by atoms with Crippen LogP contribution in [-0.4, -0.2) is 36.7 Å². The lowest BCUT2D eigenvalue weighted by atomic mass is 10.1. The number of carbonyl (C=O) groups is 1. The maximum atomic E-state index is 12.6. The number of hydrogen-bond acceptors (Lipinski definition) is 4. The number of aryl methyl sites for hydroxylation is 1. The van der Waals surface area contributed by atoms with E-state index >= 15 is 0 Å². The Labute approximate surface area is 194 Å². The van der Waals surface area contributed by atoms with Crippen LogP contribution in [0.15, 0.2) is 77.8 Å². The van der Waals surface area contributed by atoms with Crippen LogP contribution in [0.3, 0.4) is 0 Å². The topological polar surface area (TPSA) is 79.4 Å². The minimum Gasteiger partial charge on any atom is -0.326 e. The van der Waals surface area contributed by atoms with Crippen LogP contribution < -0.4 is 5.32 Å². The second kappa shape index (κ2) is 10.4. The van der Waals surface area contributed by atoms with E-state index in [-0.39, 0.29) is 5.91 Å². The first kappa shape index (κ1) is 22.7. The van der Waals surface area contributed by atoms with Crippen molar-refractivity contribution in [2.24, 2.45) is 0 Å². The first-order valence-corrected chi connectivity index (χ1v) is 12.4. The van der Waals surface area contributed by atoms with Crippen LogP contribution in [0.2, 0.25) is 0 Å². The summed E-state index contributed by atoms with van der Waals surface area (Å²) in [5.74, 6) is 5.94. The van der Waals surface area contributed by atoms with Crippen molar-refractivity contribution in [3.05, 3.63) is 89.7 Å². The van der Waals surface area contributed by atoms with Gasteiger partial charge in [0, 0.05) is 37.0 Å². The summed E-state index contributed by atoms with van der Waals surface area (Å²) < 4.78 is 26.8. The third kappa shape index (κ3) is 6.07. The molecule has 1 saturated heterocycles. The average molecular weight is 460 g/mol. The van der Waals surface area contributed by atoms with Gasteiger partial charge in [0.15, 0.2) is 0 Å². The van der Waals surface area contributed by atoms with E-state index in [0.29, 0.717) is 42.2 Å². The van der Waals surface area contributed by atoms with Gasteiger partial charge in [-0.3, -0.25) is 4.79 Å². The van der Waals surface area contributed by atoms with Crippen molar-refractivity contribution >= 4 is 21.6 Å². The smallest absolute Gasteiger partial charge is 0.243 e. The van der Waals surface area contributed by atoms with Crippen LogP contribution in [0, 0.1) is 11.8 Å². The molecule has 1 aromatic heterocycles. The highest BCUT2D eigenvalue weighted by atomic mass is 32.2. The number of amides is 1. The number of rotatable bonds is 6. The molecular weight excluding hydrogens is 434 g/mol. The molecule has 33 heavy (non-hydrogen) atoms. The Balaban J connectivity index is 1.32. The Bertz CT molecular complexity index is 1270. The third-order valence-electron chi connectivity index (χ3n) is 5.41. The van der Waals surface area contributed by atoms with E-state index in [1.165, 1.54) is 4.31 Å². The molecule has 0 unspecified atom stereocenters. The van der Waals surface area contributed by atoms with Gasteiger partial charge in [-0.2, -0.15) is 4.31 Å². The molecule has 1 fully saturated rings. The lowest BCUT2D eigenvalue weighted by molar-refractivity contribution is -0.116. The zero-order chi connectivity index (χ0) is 23.1. The normalized spacial score (nSPS) is 13.8. The van der Waals surface area contributed by atoms with Crippen LogP contribution in [0.4, 0.5) is 5.69 Å². The van der Waals surface area contributed by atoms with E-state index in [4.69, 9.17) is 0 Å². The molecule has 0 saturated carbocycles. The molecule has 1 amide bonds. The molecule has 0 spiro atoms. The number of benzene rings is 2. The standard InChI is InChI=1S/C26H25N3O3S/c30-26(28-24-8-5-6-22(20-24)9-13-23-7-1-2-17-27-23)16-12-21-10-14-25(15-11-21)33(31,32)29-18-3-4-19-29/h1-2,5-8,10-11,14-15,17,20H,3-4,12,16,18-19H2,(H,28,30). The number of pyridine rings is 1. The highest BCUT2D eigenvalue weighted by molar-refractivity contribution is 7.89. The summed E-state index contributed by atoms with van der Waals surface area (Å²) in [7, 11) is -3.42. The Morgan fingerprint density at radius 1 is 0.970 bits per heavy atom. The molecule has 2 aromatic carbocycles. The lowest BCUT2D eigenvalue weighted by Gasteiger charge is -2.15. The highest BCUT2D eigenvalue weighted by Crippen LogP contribution is 2.21. The first-order valence-electron chi connectivity index (χ1n) is 10.9. The number of anilines is 1. The van der Waals surface area contributed by atoms with Gasteiger partial charge in [0.2, 0.25) is 15.9 Å². The van der Waals surface area contributed by atoms with Crippen molar-refractivity contribution in [3.63, 3.8) is 0 Å². The van der Waals surface area contributed by atoms with E-state index < -0.39 is 10.0 Å².